The lowest BCUT2D eigenvalue weighted by atomic mass is 9.99. The molecule has 1 aromatic heterocycles. The molecule has 0 aliphatic carbocycles. The van der Waals surface area contributed by atoms with Gasteiger partial charge in [0, 0.05) is 31.2 Å². The predicted octanol–water partition coefficient (Wildman–Crippen LogP) is 5.57. The van der Waals surface area contributed by atoms with Gasteiger partial charge in [-0.1, -0.05) is 67.6 Å². The monoisotopic (exact) mass is 619 g/mol. The molecule has 2 heterocycles. The molecule has 3 aromatic carbocycles. The summed E-state index contributed by atoms with van der Waals surface area (Å²) in [6, 6.07) is 26.4. The lowest BCUT2D eigenvalue weighted by molar-refractivity contribution is 0.0341. The average Bonchev–Trinajstić information content (AvgIpc) is 3.56. The topological polar surface area (TPSA) is 99.2 Å². The third kappa shape index (κ3) is 7.27. The van der Waals surface area contributed by atoms with E-state index in [2.05, 4.69) is 46.0 Å². The fraction of sp³-hybridized carbons (Fsp3) is 0.303. The van der Waals surface area contributed by atoms with Crippen LogP contribution in [0, 0.1) is 5.92 Å². The fourth-order valence-electron chi connectivity index (χ4n) is 5.24. The third-order valence-corrected chi connectivity index (χ3v) is 10.5. The van der Waals surface area contributed by atoms with Gasteiger partial charge in [-0.25, -0.2) is 8.42 Å². The lowest BCUT2D eigenvalue weighted by Gasteiger charge is -2.38. The molecule has 10 heteroatoms. The Balaban J connectivity index is 1.36. The van der Waals surface area contributed by atoms with E-state index in [1.165, 1.54) is 28.8 Å². The molecule has 1 aliphatic rings. The van der Waals surface area contributed by atoms with E-state index in [1.807, 2.05) is 32.2 Å². The average molecular weight is 620 g/mol. The van der Waals surface area contributed by atoms with Crippen molar-refractivity contribution in [2.45, 2.75) is 36.7 Å². The smallest absolute Gasteiger partial charge is 0.271 e. The highest BCUT2D eigenvalue weighted by atomic mass is 32.2. The molecule has 0 saturated heterocycles. The Morgan fingerprint density at radius 3 is 2.44 bits per heavy atom. The number of aliphatic hydroxyl groups excluding tert-OH is 1. The van der Waals surface area contributed by atoms with Gasteiger partial charge in [-0.2, -0.15) is 0 Å². The molecule has 3 atom stereocenters. The molecule has 0 spiro atoms. The molecule has 0 bridgehead atoms. The second kappa shape index (κ2) is 13.3. The number of sulfonamides is 1. The van der Waals surface area contributed by atoms with Gasteiger partial charge in [0.1, 0.15) is 16.1 Å². The number of rotatable bonds is 10. The zero-order valence-electron chi connectivity index (χ0n) is 24.5. The highest BCUT2D eigenvalue weighted by molar-refractivity contribution is 7.94. The maximum atomic E-state index is 13.7. The molecule has 1 amide bonds. The Kier molecular flexibility index (Phi) is 9.51. The van der Waals surface area contributed by atoms with Gasteiger partial charge in [0.15, 0.2) is 0 Å². The van der Waals surface area contributed by atoms with Crippen LogP contribution in [-0.4, -0.2) is 68.1 Å². The van der Waals surface area contributed by atoms with Crippen LogP contribution in [0.25, 0.3) is 11.1 Å². The second-order valence-corrected chi connectivity index (χ2v) is 14.0. The van der Waals surface area contributed by atoms with Crippen LogP contribution in [0.5, 0.6) is 5.75 Å². The van der Waals surface area contributed by atoms with Crippen molar-refractivity contribution in [1.29, 1.82) is 0 Å². The van der Waals surface area contributed by atoms with E-state index in [0.29, 0.717) is 25.4 Å². The number of nitrogens with one attached hydrogen (secondary N) is 1. The van der Waals surface area contributed by atoms with Crippen molar-refractivity contribution in [3.05, 3.63) is 101 Å². The van der Waals surface area contributed by atoms with E-state index in [4.69, 9.17) is 4.74 Å². The van der Waals surface area contributed by atoms with Gasteiger partial charge in [-0.05, 0) is 60.3 Å². The first-order valence-corrected chi connectivity index (χ1v) is 16.6. The second-order valence-electron chi connectivity index (χ2n) is 11.1. The number of carbonyl (C=O) groups is 1. The van der Waals surface area contributed by atoms with E-state index in [9.17, 15) is 18.3 Å². The van der Waals surface area contributed by atoms with Crippen LogP contribution in [-0.2, 0) is 16.6 Å². The molecule has 8 nitrogen and oxygen atoms in total. The number of benzene rings is 3. The van der Waals surface area contributed by atoms with E-state index in [-0.39, 0.29) is 40.0 Å². The minimum Gasteiger partial charge on any atom is -0.488 e. The van der Waals surface area contributed by atoms with Crippen molar-refractivity contribution in [3.8, 4) is 16.9 Å². The van der Waals surface area contributed by atoms with Gasteiger partial charge in [-0.3, -0.25) is 14.4 Å². The summed E-state index contributed by atoms with van der Waals surface area (Å²) < 4.78 is 35.0. The molecule has 43 heavy (non-hydrogen) atoms. The number of likely N-dealkylation sites (N-methyl/N-ethyl adjacent to an activating group) is 1. The Morgan fingerprint density at radius 2 is 1.77 bits per heavy atom. The molecule has 0 fully saturated rings. The molecule has 226 valence electrons. The zero-order valence-corrected chi connectivity index (χ0v) is 26.1. The summed E-state index contributed by atoms with van der Waals surface area (Å²) in [7, 11) is -1.75. The van der Waals surface area contributed by atoms with Gasteiger partial charge < -0.3 is 14.7 Å². The molecular weight excluding hydrogens is 583 g/mol. The Bertz CT molecular complexity index is 1630. The number of nitrogens with zero attached hydrogens (tertiary/aromatic N) is 2. The summed E-state index contributed by atoms with van der Waals surface area (Å²) >= 11 is 1.12. The highest BCUT2D eigenvalue weighted by Crippen LogP contribution is 2.32. The fourth-order valence-corrected chi connectivity index (χ4v) is 7.28. The van der Waals surface area contributed by atoms with Crippen molar-refractivity contribution in [3.63, 3.8) is 0 Å². The molecule has 2 N–H and O–H groups in total. The normalized spacial score (nSPS) is 18.0. The summed E-state index contributed by atoms with van der Waals surface area (Å²) in [6.07, 6.45) is -0.262. The third-order valence-electron chi connectivity index (χ3n) is 7.68. The van der Waals surface area contributed by atoms with Crippen LogP contribution in [0.3, 0.4) is 0 Å². The van der Waals surface area contributed by atoms with Crippen molar-refractivity contribution in [1.82, 2.24) is 9.80 Å². The van der Waals surface area contributed by atoms with Crippen LogP contribution in [0.1, 0.15) is 29.8 Å². The summed E-state index contributed by atoms with van der Waals surface area (Å²) in [6.45, 7) is 5.36. The van der Waals surface area contributed by atoms with Crippen LogP contribution < -0.4 is 9.46 Å². The number of fused-ring (bicyclic) bond motifs is 1. The van der Waals surface area contributed by atoms with E-state index in [0.717, 1.165) is 11.3 Å². The van der Waals surface area contributed by atoms with Crippen LogP contribution in [0.15, 0.2) is 94.5 Å². The first-order chi connectivity index (χ1) is 20.6. The standard InChI is InChI=1S/C33H37N3O5S2/c1-23-19-36(24(2)22-37)33(38)29-18-28(34-43(39,40)32-10-7-17-42-32)15-16-30(29)41-31(23)21-35(3)20-25-11-13-27(14-12-25)26-8-5-4-6-9-26/h4-18,23-24,31,34,37H,19-22H2,1-3H3/t23-,24+,31+/m1/s1. The van der Waals surface area contributed by atoms with Gasteiger partial charge in [0.25, 0.3) is 15.9 Å². The minimum atomic E-state index is -3.79. The number of anilines is 1. The number of aliphatic hydroxyl groups is 1. The molecular formula is C33H37N3O5S2. The maximum Gasteiger partial charge on any atom is 0.271 e. The molecule has 0 radical (unpaired) electrons. The first-order valence-electron chi connectivity index (χ1n) is 14.3. The quantitative estimate of drug-likeness (QED) is 0.241. The summed E-state index contributed by atoms with van der Waals surface area (Å²) in [4.78, 5) is 17.6. The highest BCUT2D eigenvalue weighted by Gasteiger charge is 2.33. The number of hydrogen-bond acceptors (Lipinski definition) is 7. The number of amides is 1. The molecule has 1 aliphatic heterocycles. The van der Waals surface area contributed by atoms with Gasteiger partial charge in [0.2, 0.25) is 0 Å². The number of thiophene rings is 1. The Hall–Kier alpha value is -3.70. The molecule has 0 unspecified atom stereocenters. The van der Waals surface area contributed by atoms with Crippen molar-refractivity contribution < 1.29 is 23.1 Å². The SMILES string of the molecule is C[C@@H]1CN([C@@H](C)CO)C(=O)c2cc(NS(=O)(=O)c3cccs3)ccc2O[C@H]1CN(C)Cc1ccc(-c2ccccc2)cc1. The van der Waals surface area contributed by atoms with Crippen molar-refractivity contribution >= 4 is 33.0 Å². The van der Waals surface area contributed by atoms with E-state index in [1.54, 1.807) is 35.4 Å². The minimum absolute atomic E-state index is 0.0361. The first kappa shape index (κ1) is 30.7. The van der Waals surface area contributed by atoms with E-state index >= 15 is 0 Å². The molecule has 5 rings (SSSR count). The Morgan fingerprint density at radius 1 is 1.05 bits per heavy atom. The summed E-state index contributed by atoms with van der Waals surface area (Å²) in [5.41, 5.74) is 4.04. The van der Waals surface area contributed by atoms with E-state index < -0.39 is 16.1 Å². The summed E-state index contributed by atoms with van der Waals surface area (Å²) in [5.74, 6) is 0.0354. The largest absolute Gasteiger partial charge is 0.488 e. The predicted molar refractivity (Wildman–Crippen MR) is 171 cm³/mol. The molecule has 4 aromatic rings. The Labute approximate surface area is 257 Å². The van der Waals surface area contributed by atoms with Crippen LogP contribution in [0.4, 0.5) is 5.69 Å². The summed E-state index contributed by atoms with van der Waals surface area (Å²) in [5, 5.41) is 11.7. The number of ether oxygens (including phenoxy) is 1. The van der Waals surface area contributed by atoms with Gasteiger partial charge >= 0.3 is 0 Å². The number of carbonyl (C=O) groups excluding carboxylic acids is 1. The molecule has 0 saturated carbocycles. The lowest BCUT2D eigenvalue weighted by Crippen LogP contribution is -2.49. The maximum absolute atomic E-state index is 13.7. The van der Waals surface area contributed by atoms with Crippen LogP contribution >= 0.6 is 11.3 Å². The van der Waals surface area contributed by atoms with Gasteiger partial charge in [0.05, 0.1) is 18.2 Å². The van der Waals surface area contributed by atoms with Gasteiger partial charge in [-0.15, -0.1) is 11.3 Å². The van der Waals surface area contributed by atoms with Crippen LogP contribution in [0.2, 0.25) is 0 Å². The van der Waals surface area contributed by atoms with Crippen molar-refractivity contribution in [2.24, 2.45) is 5.92 Å². The van der Waals surface area contributed by atoms with Crippen molar-refractivity contribution in [2.75, 3.05) is 31.5 Å². The zero-order chi connectivity index (χ0) is 30.6. The number of hydrogen-bond donors (Lipinski definition) is 2.